The average molecular weight is 862 g/mol. The van der Waals surface area contributed by atoms with Crippen molar-refractivity contribution in [2.24, 2.45) is 0 Å². The number of phosphoric acid groups is 1. The van der Waals surface area contributed by atoms with Gasteiger partial charge in [0.1, 0.15) is 12.7 Å². The van der Waals surface area contributed by atoms with Gasteiger partial charge < -0.3 is 20.1 Å². The summed E-state index contributed by atoms with van der Waals surface area (Å²) in [7, 11) is -4.43. The van der Waals surface area contributed by atoms with Gasteiger partial charge in [-0.05, 0) is 64.2 Å². The third-order valence-electron chi connectivity index (χ3n) is 9.90. The number of carbonyl (C=O) groups excluding carboxylic acids is 2. The number of hydrogen-bond acceptors (Lipinski definition) is 7. The molecule has 0 aromatic carbocycles. The molecule has 1 amide bonds. The standard InChI is InChI=1S/C50H88NO8P/c1-3-5-7-9-11-13-15-17-19-21-23-24-25-27-29-31-33-35-37-39-41-43-50(54)57-46-48(52)47-59-60(55,56)58-45-44-51-49(53)42-40-38-36-34-32-30-28-26-22-20-18-16-14-12-10-8-6-4-2/h5,7,11,13,17,19,23-24,27,29,33,35,48,52H,3-4,6,8-10,12,14-16,18,20-22,25-26,28,30-32,34,36-47H2,1-2H3,(H,51,53)(H,55,56)/b7-5-,13-11-,19-17-,24-23-,29-27-,35-33-. The van der Waals surface area contributed by atoms with E-state index in [1.54, 1.807) is 0 Å². The first-order valence-electron chi connectivity index (χ1n) is 23.9. The lowest BCUT2D eigenvalue weighted by Gasteiger charge is -2.15. The minimum atomic E-state index is -4.43. The van der Waals surface area contributed by atoms with Crippen molar-refractivity contribution in [3.8, 4) is 0 Å². The summed E-state index contributed by atoms with van der Waals surface area (Å²) >= 11 is 0. The van der Waals surface area contributed by atoms with E-state index in [1.165, 1.54) is 96.3 Å². The maximum absolute atomic E-state index is 12.1. The highest BCUT2D eigenvalue weighted by molar-refractivity contribution is 7.47. The number of ether oxygens (including phenoxy) is 1. The number of allylic oxidation sites excluding steroid dienone is 12. The summed E-state index contributed by atoms with van der Waals surface area (Å²) in [5, 5.41) is 12.7. The van der Waals surface area contributed by atoms with Gasteiger partial charge in [0.05, 0.1) is 13.2 Å². The van der Waals surface area contributed by atoms with E-state index in [9.17, 15) is 24.2 Å². The SMILES string of the molecule is CC/C=C\C/C=C\C/C=C\C/C=C\C/C=C\C/C=C\CCCCC(=O)OCC(O)COP(=O)(O)OCCNC(=O)CCCCCCCCCCCCCCCCCCCC. The number of aliphatic hydroxyl groups is 1. The molecule has 0 aliphatic carbocycles. The van der Waals surface area contributed by atoms with Crippen LogP contribution in [0.2, 0.25) is 0 Å². The molecule has 0 aliphatic rings. The molecule has 0 rings (SSSR count). The van der Waals surface area contributed by atoms with E-state index >= 15 is 0 Å². The van der Waals surface area contributed by atoms with Crippen molar-refractivity contribution < 1.29 is 37.9 Å². The first kappa shape index (κ1) is 57.4. The van der Waals surface area contributed by atoms with Gasteiger partial charge >= 0.3 is 13.8 Å². The highest BCUT2D eigenvalue weighted by atomic mass is 31.2. The van der Waals surface area contributed by atoms with Gasteiger partial charge in [-0.15, -0.1) is 0 Å². The molecule has 346 valence electrons. The molecule has 0 spiro atoms. The fraction of sp³-hybridized carbons (Fsp3) is 0.720. The molecule has 2 unspecified atom stereocenters. The van der Waals surface area contributed by atoms with Crippen LogP contribution in [0.4, 0.5) is 0 Å². The zero-order chi connectivity index (χ0) is 43.9. The van der Waals surface area contributed by atoms with Crippen molar-refractivity contribution in [3.63, 3.8) is 0 Å². The predicted molar refractivity (Wildman–Crippen MR) is 252 cm³/mol. The monoisotopic (exact) mass is 862 g/mol. The Bertz CT molecular complexity index is 1210. The van der Waals surface area contributed by atoms with Crippen LogP contribution in [0.5, 0.6) is 0 Å². The molecule has 60 heavy (non-hydrogen) atoms. The number of carbonyl (C=O) groups is 2. The first-order valence-corrected chi connectivity index (χ1v) is 25.4. The topological polar surface area (TPSA) is 131 Å². The maximum atomic E-state index is 12.1. The Morgan fingerprint density at radius 3 is 1.42 bits per heavy atom. The Morgan fingerprint density at radius 2 is 0.950 bits per heavy atom. The second-order valence-electron chi connectivity index (χ2n) is 15.7. The minimum absolute atomic E-state index is 0.0754. The molecular formula is C50H88NO8P. The van der Waals surface area contributed by atoms with Gasteiger partial charge in [-0.2, -0.15) is 0 Å². The molecule has 0 heterocycles. The van der Waals surface area contributed by atoms with Crippen LogP contribution in [0.1, 0.15) is 200 Å². The van der Waals surface area contributed by atoms with E-state index in [0.29, 0.717) is 12.8 Å². The first-order chi connectivity index (χ1) is 29.3. The number of nitrogens with one attached hydrogen (secondary N) is 1. The van der Waals surface area contributed by atoms with Crippen molar-refractivity contribution in [2.45, 2.75) is 206 Å². The molecule has 0 bridgehead atoms. The Hall–Kier alpha value is -2.55. The van der Waals surface area contributed by atoms with Crippen LogP contribution in [-0.2, 0) is 27.9 Å². The third-order valence-corrected chi connectivity index (χ3v) is 10.9. The Morgan fingerprint density at radius 1 is 0.533 bits per heavy atom. The second kappa shape index (κ2) is 46.0. The van der Waals surface area contributed by atoms with Gasteiger partial charge in [0, 0.05) is 19.4 Å². The number of unbranched alkanes of at least 4 members (excludes halogenated alkanes) is 19. The molecule has 9 nitrogen and oxygen atoms in total. The Labute approximate surface area is 367 Å². The van der Waals surface area contributed by atoms with Crippen molar-refractivity contribution in [3.05, 3.63) is 72.9 Å². The van der Waals surface area contributed by atoms with Gasteiger partial charge in [-0.25, -0.2) is 4.57 Å². The summed E-state index contributed by atoms with van der Waals surface area (Å²) in [5.74, 6) is -0.560. The zero-order valence-corrected chi connectivity index (χ0v) is 39.0. The number of phosphoric ester groups is 1. The molecular weight excluding hydrogens is 774 g/mol. The molecule has 0 saturated carbocycles. The minimum Gasteiger partial charge on any atom is -0.463 e. The molecule has 0 radical (unpaired) electrons. The van der Waals surface area contributed by atoms with E-state index in [1.807, 2.05) is 0 Å². The number of amides is 1. The molecule has 3 N–H and O–H groups in total. The van der Waals surface area contributed by atoms with Crippen LogP contribution in [0.3, 0.4) is 0 Å². The smallest absolute Gasteiger partial charge is 0.463 e. The van der Waals surface area contributed by atoms with Crippen LogP contribution in [0, 0.1) is 0 Å². The van der Waals surface area contributed by atoms with E-state index in [4.69, 9.17) is 13.8 Å². The van der Waals surface area contributed by atoms with E-state index in [-0.39, 0.29) is 32.1 Å². The Kier molecular flexibility index (Phi) is 44.0. The number of hydrogen-bond donors (Lipinski definition) is 3. The number of aliphatic hydroxyl groups excluding tert-OH is 1. The van der Waals surface area contributed by atoms with Crippen molar-refractivity contribution in [1.82, 2.24) is 5.32 Å². The largest absolute Gasteiger partial charge is 0.472 e. The number of rotatable bonds is 44. The molecule has 0 aliphatic heterocycles. The lowest BCUT2D eigenvalue weighted by molar-refractivity contribution is -0.147. The van der Waals surface area contributed by atoms with E-state index in [2.05, 4.69) is 92.1 Å². The fourth-order valence-corrected chi connectivity index (χ4v) is 7.08. The predicted octanol–water partition coefficient (Wildman–Crippen LogP) is 13.8. The molecule has 0 aromatic heterocycles. The van der Waals surface area contributed by atoms with Crippen LogP contribution >= 0.6 is 7.82 Å². The summed E-state index contributed by atoms with van der Waals surface area (Å²) < 4.78 is 26.9. The lowest BCUT2D eigenvalue weighted by Crippen LogP contribution is -2.27. The second-order valence-corrected chi connectivity index (χ2v) is 17.2. The van der Waals surface area contributed by atoms with Gasteiger partial charge in [0.15, 0.2) is 0 Å². The summed E-state index contributed by atoms with van der Waals surface area (Å²) in [5.41, 5.74) is 0. The van der Waals surface area contributed by atoms with Crippen LogP contribution in [0.15, 0.2) is 72.9 Å². The van der Waals surface area contributed by atoms with E-state index in [0.717, 1.165) is 70.6 Å². The van der Waals surface area contributed by atoms with Crippen molar-refractivity contribution >= 4 is 19.7 Å². The van der Waals surface area contributed by atoms with Crippen LogP contribution in [-0.4, -0.2) is 54.3 Å². The van der Waals surface area contributed by atoms with E-state index < -0.39 is 26.5 Å². The zero-order valence-electron chi connectivity index (χ0n) is 38.1. The highest BCUT2D eigenvalue weighted by Gasteiger charge is 2.23. The van der Waals surface area contributed by atoms with Crippen molar-refractivity contribution in [2.75, 3.05) is 26.4 Å². The summed E-state index contributed by atoms with van der Waals surface area (Å²) in [6.07, 6.45) is 56.9. The summed E-state index contributed by atoms with van der Waals surface area (Å²) in [6.45, 7) is 3.40. The van der Waals surface area contributed by atoms with Crippen molar-refractivity contribution in [1.29, 1.82) is 0 Å². The normalized spacial score (nSPS) is 13.9. The van der Waals surface area contributed by atoms with Crippen LogP contribution in [0.25, 0.3) is 0 Å². The quantitative estimate of drug-likeness (QED) is 0.0239. The Balaban J connectivity index is 3.66. The maximum Gasteiger partial charge on any atom is 0.472 e. The van der Waals surface area contributed by atoms with Gasteiger partial charge in [0.2, 0.25) is 5.91 Å². The fourth-order valence-electron chi connectivity index (χ4n) is 6.33. The molecule has 0 fully saturated rings. The molecule has 2 atom stereocenters. The third kappa shape index (κ3) is 46.5. The number of esters is 1. The van der Waals surface area contributed by atoms with Gasteiger partial charge in [-0.1, -0.05) is 196 Å². The summed E-state index contributed by atoms with van der Waals surface area (Å²) in [4.78, 5) is 34.0. The highest BCUT2D eigenvalue weighted by Crippen LogP contribution is 2.42. The molecule has 0 saturated heterocycles. The molecule has 10 heteroatoms. The summed E-state index contributed by atoms with van der Waals surface area (Å²) in [6, 6.07) is 0. The average Bonchev–Trinajstić information content (AvgIpc) is 3.23. The van der Waals surface area contributed by atoms with Crippen LogP contribution < -0.4 is 5.32 Å². The molecule has 0 aromatic rings. The van der Waals surface area contributed by atoms with Gasteiger partial charge in [-0.3, -0.25) is 18.6 Å². The lowest BCUT2D eigenvalue weighted by atomic mass is 10.0. The van der Waals surface area contributed by atoms with Gasteiger partial charge in [0.25, 0.3) is 0 Å².